The molecule has 1 atom stereocenters. The second-order valence-electron chi connectivity index (χ2n) is 4.99. The van der Waals surface area contributed by atoms with E-state index in [4.69, 9.17) is 20.8 Å². The zero-order valence-corrected chi connectivity index (χ0v) is 13.0. The monoisotopic (exact) mass is 308 g/mol. The Morgan fingerprint density at radius 1 is 1.38 bits per heavy atom. The molecule has 2 rings (SSSR count). The number of Topliss-reactive ketones (excluding diaryl/α,β-unsaturated/α-hetero) is 1. The third kappa shape index (κ3) is 3.45. The third-order valence-electron chi connectivity index (χ3n) is 3.28. The van der Waals surface area contributed by atoms with Gasteiger partial charge in [0.1, 0.15) is 11.3 Å². The summed E-state index contributed by atoms with van der Waals surface area (Å²) >= 11 is 6.21. The molecule has 0 saturated carbocycles. The second-order valence-corrected chi connectivity index (χ2v) is 5.40. The SMILES string of the molecule is CCCc1cc(=O)oc2cc(OC(C)C(C)=O)c(Cl)cc12. The quantitative estimate of drug-likeness (QED) is 0.789. The van der Waals surface area contributed by atoms with E-state index in [-0.39, 0.29) is 5.78 Å². The lowest BCUT2D eigenvalue weighted by Crippen LogP contribution is -2.20. The van der Waals surface area contributed by atoms with Gasteiger partial charge < -0.3 is 9.15 Å². The first kappa shape index (κ1) is 15.6. The number of aryl methyl sites for hydroxylation is 1. The van der Waals surface area contributed by atoms with Crippen molar-refractivity contribution in [1.82, 2.24) is 0 Å². The van der Waals surface area contributed by atoms with Crippen LogP contribution in [-0.4, -0.2) is 11.9 Å². The van der Waals surface area contributed by atoms with E-state index >= 15 is 0 Å². The Balaban J connectivity index is 2.54. The molecule has 0 radical (unpaired) electrons. The van der Waals surface area contributed by atoms with Gasteiger partial charge in [-0.05, 0) is 31.9 Å². The number of ether oxygens (including phenoxy) is 1. The van der Waals surface area contributed by atoms with Crippen molar-refractivity contribution in [3.63, 3.8) is 0 Å². The van der Waals surface area contributed by atoms with Crippen LogP contribution in [0.2, 0.25) is 5.02 Å². The molecule has 112 valence electrons. The molecule has 0 aliphatic carbocycles. The van der Waals surface area contributed by atoms with Crippen molar-refractivity contribution in [2.45, 2.75) is 39.7 Å². The minimum absolute atomic E-state index is 0.104. The van der Waals surface area contributed by atoms with E-state index in [1.165, 1.54) is 13.0 Å². The van der Waals surface area contributed by atoms with Crippen molar-refractivity contribution < 1.29 is 13.9 Å². The zero-order valence-electron chi connectivity index (χ0n) is 12.2. The molecule has 0 spiro atoms. The fourth-order valence-corrected chi connectivity index (χ4v) is 2.28. The van der Waals surface area contributed by atoms with Crippen molar-refractivity contribution in [2.75, 3.05) is 0 Å². The standard InChI is InChI=1S/C16H17ClO4/c1-4-5-11-6-16(19)21-14-8-15(13(17)7-12(11)14)20-10(3)9(2)18/h6-8,10H,4-5H2,1-3H3. The molecule has 1 unspecified atom stereocenters. The van der Waals surface area contributed by atoms with Crippen LogP contribution in [0.15, 0.2) is 27.4 Å². The first-order chi connectivity index (χ1) is 9.92. The molecule has 4 nitrogen and oxygen atoms in total. The summed E-state index contributed by atoms with van der Waals surface area (Å²) in [6.07, 6.45) is 1.07. The fraction of sp³-hybridized carbons (Fsp3) is 0.375. The van der Waals surface area contributed by atoms with Crippen LogP contribution >= 0.6 is 11.6 Å². The van der Waals surface area contributed by atoms with Crippen LogP contribution in [0.25, 0.3) is 11.0 Å². The van der Waals surface area contributed by atoms with Crippen LogP contribution in [0.5, 0.6) is 5.75 Å². The van der Waals surface area contributed by atoms with E-state index in [1.807, 2.05) is 6.92 Å². The van der Waals surface area contributed by atoms with Crippen LogP contribution in [0.4, 0.5) is 0 Å². The highest BCUT2D eigenvalue weighted by Crippen LogP contribution is 2.32. The maximum Gasteiger partial charge on any atom is 0.336 e. The number of hydrogen-bond acceptors (Lipinski definition) is 4. The van der Waals surface area contributed by atoms with Gasteiger partial charge in [0.15, 0.2) is 11.9 Å². The molecule has 21 heavy (non-hydrogen) atoms. The van der Waals surface area contributed by atoms with Crippen LogP contribution < -0.4 is 10.4 Å². The largest absolute Gasteiger partial charge is 0.481 e. The number of carbonyl (C=O) groups excluding carboxylic acids is 1. The van der Waals surface area contributed by atoms with Gasteiger partial charge in [0.05, 0.1) is 5.02 Å². The van der Waals surface area contributed by atoms with E-state index in [1.54, 1.807) is 19.1 Å². The normalized spacial score (nSPS) is 12.4. The van der Waals surface area contributed by atoms with Gasteiger partial charge in [0, 0.05) is 17.5 Å². The van der Waals surface area contributed by atoms with Crippen LogP contribution in [0, 0.1) is 0 Å². The van der Waals surface area contributed by atoms with Crippen molar-refractivity contribution in [1.29, 1.82) is 0 Å². The summed E-state index contributed by atoms with van der Waals surface area (Å²) in [5.41, 5.74) is 0.914. The summed E-state index contributed by atoms with van der Waals surface area (Å²) in [4.78, 5) is 22.9. The highest BCUT2D eigenvalue weighted by Gasteiger charge is 2.15. The van der Waals surface area contributed by atoms with E-state index in [0.29, 0.717) is 16.4 Å². The van der Waals surface area contributed by atoms with E-state index in [2.05, 4.69) is 0 Å². The van der Waals surface area contributed by atoms with Gasteiger partial charge >= 0.3 is 5.63 Å². The molecule has 2 aromatic rings. The molecule has 0 N–H and O–H groups in total. The molecule has 0 amide bonds. The molecule has 0 fully saturated rings. The summed E-state index contributed by atoms with van der Waals surface area (Å²) in [5, 5.41) is 1.19. The second kappa shape index (κ2) is 6.31. The number of hydrogen-bond donors (Lipinski definition) is 0. The van der Waals surface area contributed by atoms with Crippen LogP contribution in [0.3, 0.4) is 0 Å². The maximum absolute atomic E-state index is 11.6. The van der Waals surface area contributed by atoms with Crippen molar-refractivity contribution in [3.05, 3.63) is 39.2 Å². The van der Waals surface area contributed by atoms with Crippen molar-refractivity contribution >= 4 is 28.4 Å². The van der Waals surface area contributed by atoms with Crippen LogP contribution in [-0.2, 0) is 11.2 Å². The van der Waals surface area contributed by atoms with Gasteiger partial charge in [0.25, 0.3) is 0 Å². The maximum atomic E-state index is 11.6. The molecule has 0 saturated heterocycles. The van der Waals surface area contributed by atoms with E-state index in [9.17, 15) is 9.59 Å². The summed E-state index contributed by atoms with van der Waals surface area (Å²) in [5.74, 6) is 0.232. The molecule has 0 aliphatic rings. The molecule has 1 heterocycles. The van der Waals surface area contributed by atoms with Gasteiger partial charge in [-0.15, -0.1) is 0 Å². The molecular weight excluding hydrogens is 292 g/mol. The van der Waals surface area contributed by atoms with Gasteiger partial charge in [-0.1, -0.05) is 24.9 Å². The lowest BCUT2D eigenvalue weighted by molar-refractivity contribution is -0.122. The Bertz CT molecular complexity index is 733. The number of halogens is 1. The van der Waals surface area contributed by atoms with E-state index < -0.39 is 11.7 Å². The average Bonchev–Trinajstić information content (AvgIpc) is 2.40. The Morgan fingerprint density at radius 3 is 2.71 bits per heavy atom. The first-order valence-electron chi connectivity index (χ1n) is 6.85. The third-order valence-corrected chi connectivity index (χ3v) is 3.57. The van der Waals surface area contributed by atoms with E-state index in [0.717, 1.165) is 23.8 Å². The van der Waals surface area contributed by atoms with Crippen molar-refractivity contribution in [3.8, 4) is 5.75 Å². The Labute approximate surface area is 127 Å². The lowest BCUT2D eigenvalue weighted by Gasteiger charge is -2.14. The van der Waals surface area contributed by atoms with Crippen LogP contribution in [0.1, 0.15) is 32.8 Å². The summed E-state index contributed by atoms with van der Waals surface area (Å²) in [7, 11) is 0. The Kier molecular flexibility index (Phi) is 4.68. The predicted octanol–water partition coefficient (Wildman–Crippen LogP) is 3.76. The molecule has 5 heteroatoms. The molecular formula is C16H17ClO4. The topological polar surface area (TPSA) is 56.5 Å². The molecule has 0 aliphatic heterocycles. The van der Waals surface area contributed by atoms with Gasteiger partial charge in [-0.2, -0.15) is 0 Å². The molecule has 1 aromatic carbocycles. The zero-order chi connectivity index (χ0) is 15.6. The minimum Gasteiger partial charge on any atom is -0.481 e. The van der Waals surface area contributed by atoms with Gasteiger partial charge in [-0.3, -0.25) is 4.79 Å². The first-order valence-corrected chi connectivity index (χ1v) is 7.23. The number of fused-ring (bicyclic) bond motifs is 1. The Morgan fingerprint density at radius 2 is 2.10 bits per heavy atom. The number of benzene rings is 1. The lowest BCUT2D eigenvalue weighted by atomic mass is 10.1. The summed E-state index contributed by atoms with van der Waals surface area (Å²) < 4.78 is 10.7. The fourth-order valence-electron chi connectivity index (χ4n) is 2.07. The average molecular weight is 309 g/mol. The number of rotatable bonds is 5. The summed E-state index contributed by atoms with van der Waals surface area (Å²) in [6.45, 7) is 5.12. The smallest absolute Gasteiger partial charge is 0.336 e. The molecule has 1 aromatic heterocycles. The highest BCUT2D eigenvalue weighted by molar-refractivity contribution is 6.32. The molecule has 0 bridgehead atoms. The summed E-state index contributed by atoms with van der Waals surface area (Å²) in [6, 6.07) is 4.77. The number of carbonyl (C=O) groups is 1. The van der Waals surface area contributed by atoms with Crippen molar-refractivity contribution in [2.24, 2.45) is 0 Å². The minimum atomic E-state index is -0.606. The highest BCUT2D eigenvalue weighted by atomic mass is 35.5. The number of ketones is 1. The van der Waals surface area contributed by atoms with Gasteiger partial charge in [-0.25, -0.2) is 4.79 Å². The van der Waals surface area contributed by atoms with Gasteiger partial charge in [0.2, 0.25) is 0 Å². The Hall–Kier alpha value is -1.81. The predicted molar refractivity (Wildman–Crippen MR) is 82.3 cm³/mol.